The van der Waals surface area contributed by atoms with Crippen LogP contribution in [0, 0.1) is 0 Å². The monoisotopic (exact) mass is 794 g/mol. The number of hydrogen-bond acceptors (Lipinski definition) is 5. The van der Waals surface area contributed by atoms with Gasteiger partial charge in [0.25, 0.3) is 0 Å². The molecule has 0 radical (unpaired) electrons. The van der Waals surface area contributed by atoms with Crippen LogP contribution in [0.15, 0.2) is 75.7 Å². The Balaban J connectivity index is 1.07. The van der Waals surface area contributed by atoms with Crippen LogP contribution < -0.4 is 27.0 Å². The lowest BCUT2D eigenvalue weighted by molar-refractivity contribution is -0.134. The summed E-state index contributed by atoms with van der Waals surface area (Å²) in [6.07, 6.45) is 2.73. The van der Waals surface area contributed by atoms with Crippen molar-refractivity contribution in [3.8, 4) is 0 Å². The topological polar surface area (TPSA) is 152 Å². The first-order valence-corrected chi connectivity index (χ1v) is 18.1. The van der Waals surface area contributed by atoms with Crippen molar-refractivity contribution in [2.75, 3.05) is 42.5 Å². The van der Waals surface area contributed by atoms with Gasteiger partial charge in [0.1, 0.15) is 6.04 Å². The second-order valence-corrected chi connectivity index (χ2v) is 14.4. The second kappa shape index (κ2) is 15.5. The van der Waals surface area contributed by atoms with Crippen molar-refractivity contribution in [2.45, 2.75) is 56.8 Å². The Morgan fingerprint density at radius 1 is 0.878 bits per heavy atom. The van der Waals surface area contributed by atoms with E-state index in [1.165, 1.54) is 0 Å². The van der Waals surface area contributed by atoms with E-state index in [2.05, 4.69) is 53.1 Å². The van der Waals surface area contributed by atoms with Crippen molar-refractivity contribution in [3.05, 3.63) is 86.8 Å². The van der Waals surface area contributed by atoms with Crippen LogP contribution in [0.3, 0.4) is 0 Å². The number of amides is 7. The van der Waals surface area contributed by atoms with Gasteiger partial charge in [0.05, 0.1) is 5.69 Å². The molecule has 0 spiro atoms. The molecule has 0 bridgehead atoms. The van der Waals surface area contributed by atoms with Crippen molar-refractivity contribution in [2.24, 2.45) is 0 Å². The predicted octanol–water partition coefficient (Wildman–Crippen LogP) is 5.74. The Hall–Kier alpha value is -4.30. The van der Waals surface area contributed by atoms with E-state index >= 15 is 0 Å². The van der Waals surface area contributed by atoms with Gasteiger partial charge in [-0.25, -0.2) is 14.4 Å². The number of benzene rings is 3. The fourth-order valence-electron chi connectivity index (χ4n) is 6.67. The van der Waals surface area contributed by atoms with Gasteiger partial charge in [0.15, 0.2) is 0 Å². The maximum absolute atomic E-state index is 14.0. The molecule has 3 aliphatic heterocycles. The highest BCUT2D eigenvalue weighted by atomic mass is 79.9. The highest BCUT2D eigenvalue weighted by Gasteiger charge is 2.35. The molecule has 2 saturated heterocycles. The van der Waals surface area contributed by atoms with Crippen LogP contribution in [0.1, 0.15) is 36.8 Å². The zero-order valence-electron chi connectivity index (χ0n) is 27.0. The summed E-state index contributed by atoms with van der Waals surface area (Å²) < 4.78 is 1.39. The summed E-state index contributed by atoms with van der Waals surface area (Å²) in [7, 11) is 0. The minimum Gasteiger partial charge on any atom is -0.397 e. The van der Waals surface area contributed by atoms with Crippen LogP contribution in [0.5, 0.6) is 0 Å². The lowest BCUT2D eigenvalue weighted by Crippen LogP contribution is -2.57. The average Bonchev–Trinajstić information content (AvgIpc) is 3.10. The number of urea groups is 3. The van der Waals surface area contributed by atoms with Crippen LogP contribution in [-0.2, 0) is 17.8 Å². The molecule has 3 aromatic carbocycles. The van der Waals surface area contributed by atoms with E-state index in [4.69, 9.17) is 5.73 Å². The number of rotatable bonds is 7. The fraction of sp³-hybridized carbons (Fsp3) is 0.371. The van der Waals surface area contributed by atoms with Crippen molar-refractivity contribution >= 4 is 72.9 Å². The molecule has 0 aliphatic carbocycles. The van der Waals surface area contributed by atoms with E-state index in [1.807, 2.05) is 71.6 Å². The molecular weight excluding hydrogens is 756 g/mol. The third kappa shape index (κ3) is 8.47. The number of nitrogens with two attached hydrogens (primary N) is 1. The lowest BCUT2D eigenvalue weighted by atomic mass is 10.00. The number of para-hydroxylation sites is 2. The Bertz CT molecular complexity index is 1670. The minimum atomic E-state index is -0.817. The fourth-order valence-corrected chi connectivity index (χ4v) is 7.95. The number of nitrogen functional groups attached to an aromatic ring is 1. The smallest absolute Gasteiger partial charge is 0.322 e. The third-order valence-corrected chi connectivity index (χ3v) is 10.7. The number of nitrogens with one attached hydrogen (secondary N) is 4. The third-order valence-electron chi connectivity index (χ3n) is 9.40. The van der Waals surface area contributed by atoms with E-state index in [0.29, 0.717) is 78.7 Å². The first-order valence-electron chi connectivity index (χ1n) is 16.5. The second-order valence-electron chi connectivity index (χ2n) is 12.7. The summed E-state index contributed by atoms with van der Waals surface area (Å²) in [6.45, 7) is 2.35. The van der Waals surface area contributed by atoms with Gasteiger partial charge in [-0.05, 0) is 99.0 Å². The molecule has 7 amide bonds. The van der Waals surface area contributed by atoms with E-state index in [1.54, 1.807) is 9.80 Å². The average molecular weight is 797 g/mol. The van der Waals surface area contributed by atoms with Gasteiger partial charge in [-0.2, -0.15) is 0 Å². The van der Waals surface area contributed by atoms with Gasteiger partial charge >= 0.3 is 18.1 Å². The lowest BCUT2D eigenvalue weighted by Gasteiger charge is -2.41. The number of hydrogen-bond donors (Lipinski definition) is 5. The van der Waals surface area contributed by atoms with Gasteiger partial charge in [0.2, 0.25) is 5.91 Å². The number of anilines is 3. The van der Waals surface area contributed by atoms with Gasteiger partial charge in [0, 0.05) is 71.5 Å². The Kier molecular flexibility index (Phi) is 10.9. The molecule has 1 atom stereocenters. The van der Waals surface area contributed by atoms with Crippen molar-refractivity contribution in [3.63, 3.8) is 0 Å². The zero-order valence-corrected chi connectivity index (χ0v) is 30.1. The summed E-state index contributed by atoms with van der Waals surface area (Å²) in [5.74, 6) is -0.178. The van der Waals surface area contributed by atoms with Crippen molar-refractivity contribution in [1.82, 2.24) is 25.3 Å². The highest BCUT2D eigenvalue weighted by Crippen LogP contribution is 2.31. The molecule has 6 rings (SSSR count). The van der Waals surface area contributed by atoms with Gasteiger partial charge in [-0.3, -0.25) is 4.79 Å². The van der Waals surface area contributed by atoms with Crippen molar-refractivity contribution in [1.29, 1.82) is 0 Å². The molecule has 2 fully saturated rings. The normalized spacial score (nSPS) is 17.5. The van der Waals surface area contributed by atoms with E-state index in [9.17, 15) is 19.2 Å². The SMILES string of the molecule is Nc1c(Br)cc(C[C@@H](NC(=O)N2CCC(N3Cc4ccccc4NC3=O)CC2)C(=O)N2CCC(NC(=O)Nc3ccccc3)CC2)cc1Br. The van der Waals surface area contributed by atoms with Gasteiger partial charge in [-0.1, -0.05) is 36.4 Å². The molecule has 0 saturated carbocycles. The molecule has 49 heavy (non-hydrogen) atoms. The molecule has 0 unspecified atom stereocenters. The standard InChI is InChI=1S/C35H40Br2N8O4/c36-27-18-22(19-28(37)31(27)38)20-30(32(46)43-14-10-25(11-15-43)40-33(47)39-24-7-2-1-3-8-24)42-34(48)44-16-12-26(13-17-44)45-21-23-6-4-5-9-29(23)41-35(45)49/h1-9,18-19,25-26,30H,10-17,20-21,38H2,(H,41,49)(H,42,48)(H2,39,40,47)/t30-/m1/s1. The Labute approximate surface area is 302 Å². The van der Waals surface area contributed by atoms with Crippen LogP contribution >= 0.6 is 31.9 Å². The number of carbonyl (C=O) groups is 4. The molecular formula is C35H40Br2N8O4. The van der Waals surface area contributed by atoms with Gasteiger partial charge < -0.3 is 41.7 Å². The molecule has 6 N–H and O–H groups in total. The molecule has 0 aromatic heterocycles. The molecule has 3 heterocycles. The Morgan fingerprint density at radius 3 is 2.20 bits per heavy atom. The Morgan fingerprint density at radius 2 is 1.51 bits per heavy atom. The largest absolute Gasteiger partial charge is 0.397 e. The quantitative estimate of drug-likeness (QED) is 0.193. The molecule has 258 valence electrons. The number of carbonyl (C=O) groups excluding carboxylic acids is 4. The number of nitrogens with zero attached hydrogens (tertiary/aromatic N) is 3. The van der Waals surface area contributed by atoms with Crippen LogP contribution in [0.4, 0.5) is 31.4 Å². The van der Waals surface area contributed by atoms with Crippen molar-refractivity contribution < 1.29 is 19.2 Å². The summed E-state index contributed by atoms with van der Waals surface area (Å²) in [6, 6.07) is 19.1. The van der Waals surface area contributed by atoms with Crippen LogP contribution in [-0.4, -0.2) is 83.0 Å². The summed E-state index contributed by atoms with van der Waals surface area (Å²) in [5.41, 5.74) is 10.1. The van der Waals surface area contributed by atoms with Gasteiger partial charge in [-0.15, -0.1) is 0 Å². The molecule has 3 aromatic rings. The number of halogens is 2. The summed E-state index contributed by atoms with van der Waals surface area (Å²) >= 11 is 6.99. The molecule has 12 nitrogen and oxygen atoms in total. The number of likely N-dealkylation sites (tertiary alicyclic amines) is 2. The van der Waals surface area contributed by atoms with E-state index in [-0.39, 0.29) is 42.5 Å². The zero-order chi connectivity index (χ0) is 34.5. The first-order chi connectivity index (χ1) is 23.6. The summed E-state index contributed by atoms with van der Waals surface area (Å²) in [4.78, 5) is 58.4. The van der Waals surface area contributed by atoms with Crippen LogP contribution in [0.25, 0.3) is 0 Å². The molecule has 3 aliphatic rings. The minimum absolute atomic E-state index is 0.00370. The van der Waals surface area contributed by atoms with E-state index in [0.717, 1.165) is 16.8 Å². The highest BCUT2D eigenvalue weighted by molar-refractivity contribution is 9.11. The summed E-state index contributed by atoms with van der Waals surface area (Å²) in [5, 5.41) is 11.9. The number of fused-ring (bicyclic) bond motifs is 1. The first kappa shape index (κ1) is 34.6. The van der Waals surface area contributed by atoms with Crippen LogP contribution in [0.2, 0.25) is 0 Å². The maximum atomic E-state index is 14.0. The van der Waals surface area contributed by atoms with E-state index < -0.39 is 6.04 Å². The maximum Gasteiger partial charge on any atom is 0.322 e. The predicted molar refractivity (Wildman–Crippen MR) is 196 cm³/mol. The molecule has 14 heteroatoms. The number of piperidine rings is 2.